The number of hydrogen-bond donors (Lipinski definition) is 1. The molecule has 20 heavy (non-hydrogen) atoms. The second kappa shape index (κ2) is 9.00. The molecule has 1 rings (SSSR count). The Morgan fingerprint density at radius 1 is 1.10 bits per heavy atom. The van der Waals surface area contributed by atoms with Gasteiger partial charge in [-0.2, -0.15) is 0 Å². The third-order valence-electron chi connectivity index (χ3n) is 3.42. The minimum absolute atomic E-state index is 0.0582. The van der Waals surface area contributed by atoms with Crippen LogP contribution in [0.25, 0.3) is 0 Å². The summed E-state index contributed by atoms with van der Waals surface area (Å²) in [6.07, 6.45) is 2.02. The molecule has 0 amide bonds. The molecule has 0 radical (unpaired) electrons. The van der Waals surface area contributed by atoms with Crippen LogP contribution in [0.5, 0.6) is 0 Å². The Morgan fingerprint density at radius 3 is 2.30 bits per heavy atom. The van der Waals surface area contributed by atoms with Gasteiger partial charge in [0, 0.05) is 32.2 Å². The van der Waals surface area contributed by atoms with Crippen LogP contribution >= 0.6 is 0 Å². The zero-order valence-electron chi connectivity index (χ0n) is 13.3. The molecular formula is C15H27N3O2. The number of nitrogens with one attached hydrogen (secondary N) is 1. The molecule has 1 aromatic rings. The fraction of sp³-hybridized carbons (Fsp3) is 0.733. The van der Waals surface area contributed by atoms with Gasteiger partial charge >= 0.3 is 0 Å². The molecular weight excluding hydrogens is 254 g/mol. The van der Waals surface area contributed by atoms with Crippen LogP contribution in [0.15, 0.2) is 0 Å². The SMILES string of the molecule is COCCNCCCc1c(C)nc(C(C)OC)nc1C. The molecule has 0 aromatic carbocycles. The molecule has 114 valence electrons. The van der Waals surface area contributed by atoms with E-state index in [-0.39, 0.29) is 6.10 Å². The van der Waals surface area contributed by atoms with Crippen molar-refractivity contribution in [2.24, 2.45) is 0 Å². The smallest absolute Gasteiger partial charge is 0.157 e. The second-order valence-electron chi connectivity index (χ2n) is 4.96. The van der Waals surface area contributed by atoms with Crippen molar-refractivity contribution in [3.05, 3.63) is 22.8 Å². The lowest BCUT2D eigenvalue weighted by atomic mass is 10.1. The fourth-order valence-electron chi connectivity index (χ4n) is 2.10. The van der Waals surface area contributed by atoms with Crippen LogP contribution < -0.4 is 5.32 Å². The quantitative estimate of drug-likeness (QED) is 0.701. The van der Waals surface area contributed by atoms with Crippen molar-refractivity contribution in [1.82, 2.24) is 15.3 Å². The molecule has 1 N–H and O–H groups in total. The van der Waals surface area contributed by atoms with E-state index in [0.29, 0.717) is 0 Å². The predicted molar refractivity (Wildman–Crippen MR) is 80.0 cm³/mol. The van der Waals surface area contributed by atoms with Crippen LogP contribution in [0, 0.1) is 13.8 Å². The van der Waals surface area contributed by atoms with Crippen LogP contribution in [0.2, 0.25) is 0 Å². The first-order valence-electron chi connectivity index (χ1n) is 7.16. The molecule has 1 unspecified atom stereocenters. The Bertz CT molecular complexity index is 387. The first-order chi connectivity index (χ1) is 9.60. The minimum Gasteiger partial charge on any atom is -0.383 e. The summed E-state index contributed by atoms with van der Waals surface area (Å²) in [4.78, 5) is 9.11. The van der Waals surface area contributed by atoms with E-state index in [4.69, 9.17) is 9.47 Å². The number of rotatable bonds is 9. The molecule has 1 heterocycles. The lowest BCUT2D eigenvalue weighted by Crippen LogP contribution is -2.21. The zero-order valence-corrected chi connectivity index (χ0v) is 13.3. The highest BCUT2D eigenvalue weighted by molar-refractivity contribution is 5.24. The Kier molecular flexibility index (Phi) is 7.65. The van der Waals surface area contributed by atoms with E-state index in [2.05, 4.69) is 15.3 Å². The van der Waals surface area contributed by atoms with Crippen molar-refractivity contribution in [3.63, 3.8) is 0 Å². The van der Waals surface area contributed by atoms with Gasteiger partial charge in [0.05, 0.1) is 6.61 Å². The van der Waals surface area contributed by atoms with Gasteiger partial charge in [-0.15, -0.1) is 0 Å². The molecule has 0 aliphatic rings. The molecule has 0 aliphatic carbocycles. The molecule has 1 atom stereocenters. The van der Waals surface area contributed by atoms with Gasteiger partial charge in [0.2, 0.25) is 0 Å². The predicted octanol–water partition coefficient (Wildman–Crippen LogP) is 1.97. The summed E-state index contributed by atoms with van der Waals surface area (Å²) in [5, 5.41) is 3.35. The molecule has 0 spiro atoms. The highest BCUT2D eigenvalue weighted by Gasteiger charge is 2.12. The second-order valence-corrected chi connectivity index (χ2v) is 4.96. The average molecular weight is 281 g/mol. The highest BCUT2D eigenvalue weighted by atomic mass is 16.5. The van der Waals surface area contributed by atoms with E-state index < -0.39 is 0 Å². The third-order valence-corrected chi connectivity index (χ3v) is 3.42. The summed E-state index contributed by atoms with van der Waals surface area (Å²) < 4.78 is 10.3. The maximum Gasteiger partial charge on any atom is 0.157 e. The third kappa shape index (κ3) is 5.15. The maximum atomic E-state index is 5.28. The Labute approximate surface area is 122 Å². The number of methoxy groups -OCH3 is 2. The zero-order chi connectivity index (χ0) is 15.0. The topological polar surface area (TPSA) is 56.3 Å². The summed E-state index contributed by atoms with van der Waals surface area (Å²) in [5.41, 5.74) is 3.38. The Balaban J connectivity index is 2.54. The van der Waals surface area contributed by atoms with Gasteiger partial charge in [-0.1, -0.05) is 0 Å². The summed E-state index contributed by atoms with van der Waals surface area (Å²) in [6, 6.07) is 0. The molecule has 0 saturated carbocycles. The lowest BCUT2D eigenvalue weighted by Gasteiger charge is -2.14. The van der Waals surface area contributed by atoms with Crippen molar-refractivity contribution >= 4 is 0 Å². The van der Waals surface area contributed by atoms with Gasteiger partial charge in [-0.25, -0.2) is 9.97 Å². The van der Waals surface area contributed by atoms with E-state index in [0.717, 1.165) is 49.8 Å². The summed E-state index contributed by atoms with van der Waals surface area (Å²) in [6.45, 7) is 8.70. The van der Waals surface area contributed by atoms with Crippen molar-refractivity contribution in [2.75, 3.05) is 33.9 Å². The minimum atomic E-state index is -0.0582. The summed E-state index contributed by atoms with van der Waals surface area (Å²) in [5.74, 6) is 0.768. The number of hydrogen-bond acceptors (Lipinski definition) is 5. The molecule has 0 saturated heterocycles. The summed E-state index contributed by atoms with van der Waals surface area (Å²) in [7, 11) is 3.40. The normalized spacial score (nSPS) is 12.7. The standard InChI is InChI=1S/C15H27N3O2/c1-11-14(7-6-8-16-9-10-19-4)12(2)18-15(17-11)13(3)20-5/h13,16H,6-10H2,1-5H3. The number of aryl methyl sites for hydroxylation is 2. The molecule has 0 aliphatic heterocycles. The fourth-order valence-corrected chi connectivity index (χ4v) is 2.10. The van der Waals surface area contributed by atoms with E-state index in [1.54, 1.807) is 14.2 Å². The summed E-state index contributed by atoms with van der Waals surface area (Å²) >= 11 is 0. The average Bonchev–Trinajstić information content (AvgIpc) is 2.43. The van der Waals surface area contributed by atoms with Crippen molar-refractivity contribution < 1.29 is 9.47 Å². The van der Waals surface area contributed by atoms with Gasteiger partial charge in [0.1, 0.15) is 6.10 Å². The van der Waals surface area contributed by atoms with Gasteiger partial charge in [0.25, 0.3) is 0 Å². The van der Waals surface area contributed by atoms with Gasteiger partial charge < -0.3 is 14.8 Å². The number of aromatic nitrogens is 2. The highest BCUT2D eigenvalue weighted by Crippen LogP contribution is 2.17. The largest absolute Gasteiger partial charge is 0.383 e. The first-order valence-corrected chi connectivity index (χ1v) is 7.16. The van der Waals surface area contributed by atoms with Crippen molar-refractivity contribution in [3.8, 4) is 0 Å². The van der Waals surface area contributed by atoms with Gasteiger partial charge in [-0.3, -0.25) is 0 Å². The van der Waals surface area contributed by atoms with E-state index >= 15 is 0 Å². The molecule has 0 fully saturated rings. The monoisotopic (exact) mass is 281 g/mol. The van der Waals surface area contributed by atoms with Crippen LogP contribution in [0.1, 0.15) is 42.2 Å². The van der Waals surface area contributed by atoms with E-state index in [9.17, 15) is 0 Å². The first kappa shape index (κ1) is 17.0. The Morgan fingerprint density at radius 2 is 1.75 bits per heavy atom. The number of nitrogens with zero attached hydrogens (tertiary/aromatic N) is 2. The van der Waals surface area contributed by atoms with E-state index in [1.807, 2.05) is 20.8 Å². The van der Waals surface area contributed by atoms with Crippen molar-refractivity contribution in [1.29, 1.82) is 0 Å². The van der Waals surface area contributed by atoms with Crippen LogP contribution in [0.4, 0.5) is 0 Å². The van der Waals surface area contributed by atoms with Gasteiger partial charge in [-0.05, 0) is 45.7 Å². The van der Waals surface area contributed by atoms with Crippen LogP contribution in [-0.2, 0) is 15.9 Å². The lowest BCUT2D eigenvalue weighted by molar-refractivity contribution is 0.111. The molecule has 1 aromatic heterocycles. The molecule has 0 bridgehead atoms. The van der Waals surface area contributed by atoms with Gasteiger partial charge in [0.15, 0.2) is 5.82 Å². The van der Waals surface area contributed by atoms with E-state index in [1.165, 1.54) is 5.56 Å². The van der Waals surface area contributed by atoms with Crippen LogP contribution in [-0.4, -0.2) is 43.9 Å². The molecule has 5 heteroatoms. The molecule has 5 nitrogen and oxygen atoms in total. The Hall–Kier alpha value is -1.04. The number of ether oxygens (including phenoxy) is 2. The van der Waals surface area contributed by atoms with Crippen molar-refractivity contribution in [2.45, 2.75) is 39.7 Å². The maximum absolute atomic E-state index is 5.28. The van der Waals surface area contributed by atoms with Crippen LogP contribution in [0.3, 0.4) is 0 Å².